The topological polar surface area (TPSA) is 78.9 Å². The van der Waals surface area contributed by atoms with Crippen LogP contribution < -0.4 is 13.7 Å². The van der Waals surface area contributed by atoms with E-state index in [1.54, 1.807) is 31.2 Å². The summed E-state index contributed by atoms with van der Waals surface area (Å²) in [6.07, 6.45) is 0.976. The van der Waals surface area contributed by atoms with Gasteiger partial charge in [-0.25, -0.2) is 0 Å². The van der Waals surface area contributed by atoms with Gasteiger partial charge >= 0.3 is 10.1 Å². The number of rotatable bonds is 5. The van der Waals surface area contributed by atoms with E-state index >= 15 is 0 Å². The standard InChI is InChI=1S/C18H18O6S/c1-2-15(19)14-6-3-4-7-16(14)24-25(20,21)13-8-9-17-18(12-13)23-11-5-10-22-17/h3-4,6-9,12H,2,5,10-11H2,1H3. The lowest BCUT2D eigenvalue weighted by Crippen LogP contribution is -2.12. The lowest BCUT2D eigenvalue weighted by Gasteiger charge is -2.12. The molecule has 0 unspecified atom stereocenters. The van der Waals surface area contributed by atoms with Crippen LogP contribution in [0.25, 0.3) is 0 Å². The molecule has 1 aliphatic heterocycles. The fraction of sp³-hybridized carbons (Fsp3) is 0.278. The van der Waals surface area contributed by atoms with Crippen molar-refractivity contribution in [2.24, 2.45) is 0 Å². The van der Waals surface area contributed by atoms with Crippen LogP contribution in [0.15, 0.2) is 47.4 Å². The minimum atomic E-state index is -4.11. The maximum absolute atomic E-state index is 12.6. The number of Topliss-reactive ketones (excluding diaryl/α,β-unsaturated/α-hetero) is 1. The minimum Gasteiger partial charge on any atom is -0.490 e. The van der Waals surface area contributed by atoms with Crippen molar-refractivity contribution in [1.82, 2.24) is 0 Å². The molecule has 6 nitrogen and oxygen atoms in total. The van der Waals surface area contributed by atoms with Gasteiger partial charge in [-0.05, 0) is 24.3 Å². The number of carbonyl (C=O) groups excluding carboxylic acids is 1. The zero-order chi connectivity index (χ0) is 17.9. The SMILES string of the molecule is CCC(=O)c1ccccc1OS(=O)(=O)c1ccc2c(c1)OCCCO2. The van der Waals surface area contributed by atoms with Crippen LogP contribution in [-0.2, 0) is 10.1 Å². The number of carbonyl (C=O) groups is 1. The van der Waals surface area contributed by atoms with Gasteiger partial charge in [-0.2, -0.15) is 8.42 Å². The van der Waals surface area contributed by atoms with Crippen molar-refractivity contribution in [3.05, 3.63) is 48.0 Å². The molecule has 1 heterocycles. The van der Waals surface area contributed by atoms with E-state index < -0.39 is 10.1 Å². The molecule has 2 aromatic carbocycles. The second-order valence-electron chi connectivity index (χ2n) is 5.47. The summed E-state index contributed by atoms with van der Waals surface area (Å²) >= 11 is 0. The molecular weight excluding hydrogens is 344 g/mol. The quantitative estimate of drug-likeness (QED) is 0.600. The average molecular weight is 362 g/mol. The Morgan fingerprint density at radius 3 is 2.56 bits per heavy atom. The zero-order valence-corrected chi connectivity index (χ0v) is 14.5. The smallest absolute Gasteiger partial charge is 0.339 e. The van der Waals surface area contributed by atoms with Crippen LogP contribution >= 0.6 is 0 Å². The lowest BCUT2D eigenvalue weighted by atomic mass is 10.1. The van der Waals surface area contributed by atoms with Gasteiger partial charge in [-0.1, -0.05) is 19.1 Å². The van der Waals surface area contributed by atoms with Gasteiger partial charge in [0.1, 0.15) is 4.90 Å². The second-order valence-corrected chi connectivity index (χ2v) is 7.02. The third kappa shape index (κ3) is 3.76. The molecule has 0 atom stereocenters. The Labute approximate surface area is 146 Å². The van der Waals surface area contributed by atoms with Crippen molar-refractivity contribution >= 4 is 15.9 Å². The van der Waals surface area contributed by atoms with E-state index in [0.717, 1.165) is 6.42 Å². The Morgan fingerprint density at radius 1 is 1.08 bits per heavy atom. The Bertz CT molecular complexity index is 888. The lowest BCUT2D eigenvalue weighted by molar-refractivity contribution is 0.0986. The van der Waals surface area contributed by atoms with Gasteiger partial charge in [0, 0.05) is 18.9 Å². The van der Waals surface area contributed by atoms with Crippen molar-refractivity contribution in [3.63, 3.8) is 0 Å². The van der Waals surface area contributed by atoms with Crippen LogP contribution in [0.5, 0.6) is 17.2 Å². The number of ketones is 1. The van der Waals surface area contributed by atoms with E-state index in [4.69, 9.17) is 13.7 Å². The van der Waals surface area contributed by atoms with E-state index in [-0.39, 0.29) is 28.4 Å². The summed E-state index contributed by atoms with van der Waals surface area (Å²) in [6.45, 7) is 2.67. The van der Waals surface area contributed by atoms with Gasteiger partial charge < -0.3 is 13.7 Å². The third-order valence-corrected chi connectivity index (χ3v) is 4.95. The zero-order valence-electron chi connectivity index (χ0n) is 13.7. The summed E-state index contributed by atoms with van der Waals surface area (Å²) in [5, 5.41) is 0. The molecule has 0 spiro atoms. The van der Waals surface area contributed by atoms with Gasteiger partial charge in [-0.15, -0.1) is 0 Å². The van der Waals surface area contributed by atoms with Crippen molar-refractivity contribution < 1.29 is 26.9 Å². The predicted octanol–water partition coefficient (Wildman–Crippen LogP) is 3.21. The van der Waals surface area contributed by atoms with E-state index in [2.05, 4.69) is 0 Å². The normalized spacial score (nSPS) is 13.8. The first-order valence-corrected chi connectivity index (χ1v) is 9.38. The highest BCUT2D eigenvalue weighted by Gasteiger charge is 2.23. The van der Waals surface area contributed by atoms with E-state index in [1.165, 1.54) is 18.2 Å². The Hall–Kier alpha value is -2.54. The van der Waals surface area contributed by atoms with E-state index in [0.29, 0.717) is 24.7 Å². The van der Waals surface area contributed by atoms with Gasteiger partial charge in [0.15, 0.2) is 23.0 Å². The van der Waals surface area contributed by atoms with Crippen LogP contribution in [0.4, 0.5) is 0 Å². The van der Waals surface area contributed by atoms with Crippen molar-refractivity contribution in [3.8, 4) is 17.2 Å². The van der Waals surface area contributed by atoms with Crippen LogP contribution in [-0.4, -0.2) is 27.4 Å². The van der Waals surface area contributed by atoms with Crippen molar-refractivity contribution in [2.45, 2.75) is 24.7 Å². The molecule has 0 N–H and O–H groups in total. The first kappa shape index (κ1) is 17.3. The first-order chi connectivity index (χ1) is 12.0. The molecule has 2 aromatic rings. The fourth-order valence-electron chi connectivity index (χ4n) is 2.43. The summed E-state index contributed by atoms with van der Waals surface area (Å²) in [5.41, 5.74) is 0.239. The van der Waals surface area contributed by atoms with Crippen LogP contribution in [0, 0.1) is 0 Å². The molecule has 25 heavy (non-hydrogen) atoms. The van der Waals surface area contributed by atoms with Gasteiger partial charge in [0.25, 0.3) is 0 Å². The molecule has 0 fully saturated rings. The number of hydrogen-bond acceptors (Lipinski definition) is 6. The van der Waals surface area contributed by atoms with Crippen LogP contribution in [0.2, 0.25) is 0 Å². The fourth-order valence-corrected chi connectivity index (χ4v) is 3.39. The first-order valence-electron chi connectivity index (χ1n) is 7.97. The molecule has 132 valence electrons. The molecule has 0 radical (unpaired) electrons. The maximum atomic E-state index is 12.6. The third-order valence-electron chi connectivity index (χ3n) is 3.72. The van der Waals surface area contributed by atoms with Gasteiger partial charge in [0.2, 0.25) is 0 Å². The number of benzene rings is 2. The molecule has 0 bridgehead atoms. The highest BCUT2D eigenvalue weighted by molar-refractivity contribution is 7.87. The Kier molecular flexibility index (Phi) is 4.94. The molecule has 0 aliphatic carbocycles. The Balaban J connectivity index is 1.93. The summed E-state index contributed by atoms with van der Waals surface area (Å²) in [4.78, 5) is 11.9. The highest BCUT2D eigenvalue weighted by Crippen LogP contribution is 2.33. The average Bonchev–Trinajstić information content (AvgIpc) is 2.86. The Morgan fingerprint density at radius 2 is 1.80 bits per heavy atom. The molecule has 7 heteroatoms. The summed E-state index contributed by atoms with van der Waals surface area (Å²) in [6, 6.07) is 10.6. The van der Waals surface area contributed by atoms with Gasteiger partial charge in [-0.3, -0.25) is 4.79 Å². The molecule has 1 aliphatic rings. The summed E-state index contributed by atoms with van der Waals surface area (Å²) in [7, 11) is -4.11. The molecule has 0 amide bonds. The van der Waals surface area contributed by atoms with Crippen LogP contribution in [0.1, 0.15) is 30.1 Å². The number of para-hydroxylation sites is 1. The van der Waals surface area contributed by atoms with Crippen LogP contribution in [0.3, 0.4) is 0 Å². The number of ether oxygens (including phenoxy) is 2. The molecule has 3 rings (SSSR count). The number of fused-ring (bicyclic) bond motifs is 1. The van der Waals surface area contributed by atoms with Crippen molar-refractivity contribution in [1.29, 1.82) is 0 Å². The van der Waals surface area contributed by atoms with Crippen molar-refractivity contribution in [2.75, 3.05) is 13.2 Å². The molecule has 0 aromatic heterocycles. The molecule has 0 saturated carbocycles. The highest BCUT2D eigenvalue weighted by atomic mass is 32.2. The van der Waals surface area contributed by atoms with E-state index in [9.17, 15) is 13.2 Å². The molecule has 0 saturated heterocycles. The van der Waals surface area contributed by atoms with E-state index in [1.807, 2.05) is 0 Å². The maximum Gasteiger partial charge on any atom is 0.339 e. The molecular formula is C18H18O6S. The summed E-state index contributed by atoms with van der Waals surface area (Å²) < 4.78 is 41.4. The minimum absolute atomic E-state index is 0.0152. The summed E-state index contributed by atoms with van der Waals surface area (Å²) in [5.74, 6) is 0.684. The largest absolute Gasteiger partial charge is 0.490 e. The predicted molar refractivity (Wildman–Crippen MR) is 90.9 cm³/mol. The monoisotopic (exact) mass is 362 g/mol. The second kappa shape index (κ2) is 7.14. The van der Waals surface area contributed by atoms with Gasteiger partial charge in [0.05, 0.1) is 18.8 Å². The number of hydrogen-bond donors (Lipinski definition) is 0.